The van der Waals surface area contributed by atoms with Gasteiger partial charge in [-0.1, -0.05) is 6.42 Å². The van der Waals surface area contributed by atoms with E-state index in [0.717, 1.165) is 24.9 Å². The van der Waals surface area contributed by atoms with Crippen molar-refractivity contribution < 1.29 is 0 Å². The molecule has 1 aliphatic rings. The molecule has 0 saturated heterocycles. The third kappa shape index (κ3) is 3.78. The third-order valence-electron chi connectivity index (χ3n) is 3.74. The van der Waals surface area contributed by atoms with Gasteiger partial charge in [0.05, 0.1) is 3.79 Å². The Bertz CT molecular complexity index is 353. The van der Waals surface area contributed by atoms with E-state index in [9.17, 15) is 0 Å². The molecule has 96 valence electrons. The summed E-state index contributed by atoms with van der Waals surface area (Å²) in [6, 6.07) is 2.22. The second-order valence-corrected chi connectivity index (χ2v) is 7.43. The summed E-state index contributed by atoms with van der Waals surface area (Å²) in [6.45, 7) is 3.10. The Morgan fingerprint density at radius 2 is 2.24 bits per heavy atom. The molecule has 0 bridgehead atoms. The largest absolute Gasteiger partial charge is 0.330 e. The van der Waals surface area contributed by atoms with Crippen LogP contribution in [0.15, 0.2) is 15.2 Å². The molecular weight excluding hydrogens is 296 g/mol. The zero-order valence-corrected chi connectivity index (χ0v) is 12.8. The molecule has 1 aliphatic carbocycles. The zero-order chi connectivity index (χ0) is 12.3. The van der Waals surface area contributed by atoms with Gasteiger partial charge in [0, 0.05) is 13.1 Å². The second-order valence-electron chi connectivity index (χ2n) is 5.14. The molecule has 1 saturated carbocycles. The lowest BCUT2D eigenvalue weighted by atomic mass is 9.96. The van der Waals surface area contributed by atoms with Crippen LogP contribution in [0.1, 0.15) is 24.8 Å². The van der Waals surface area contributed by atoms with Gasteiger partial charge in [-0.3, -0.25) is 0 Å². The molecule has 2 unspecified atom stereocenters. The van der Waals surface area contributed by atoms with Crippen LogP contribution in [0.5, 0.6) is 0 Å². The van der Waals surface area contributed by atoms with E-state index >= 15 is 0 Å². The molecule has 0 aliphatic heterocycles. The minimum absolute atomic E-state index is 0.756. The van der Waals surface area contributed by atoms with Crippen molar-refractivity contribution in [2.24, 2.45) is 17.6 Å². The summed E-state index contributed by atoms with van der Waals surface area (Å²) in [5, 5.41) is 2.23. The summed E-state index contributed by atoms with van der Waals surface area (Å²) in [7, 11) is 2.22. The van der Waals surface area contributed by atoms with E-state index in [1.807, 2.05) is 0 Å². The number of nitrogens with two attached hydrogens (primary N) is 1. The van der Waals surface area contributed by atoms with Crippen molar-refractivity contribution >= 4 is 27.3 Å². The number of rotatable bonds is 5. The predicted octanol–water partition coefficient (Wildman–Crippen LogP) is 3.32. The lowest BCUT2D eigenvalue weighted by Crippen LogP contribution is -2.30. The fourth-order valence-electron chi connectivity index (χ4n) is 2.87. The van der Waals surface area contributed by atoms with E-state index in [1.54, 1.807) is 11.3 Å². The maximum atomic E-state index is 5.83. The van der Waals surface area contributed by atoms with Gasteiger partial charge in [0.1, 0.15) is 0 Å². The van der Waals surface area contributed by atoms with Gasteiger partial charge in [-0.25, -0.2) is 0 Å². The normalized spacial score (nSPS) is 24.7. The summed E-state index contributed by atoms with van der Waals surface area (Å²) in [6.07, 6.45) is 4.06. The third-order valence-corrected chi connectivity index (χ3v) is 5.29. The van der Waals surface area contributed by atoms with Crippen LogP contribution >= 0.6 is 27.3 Å². The minimum atomic E-state index is 0.756. The molecule has 1 aromatic rings. The summed E-state index contributed by atoms with van der Waals surface area (Å²) >= 11 is 5.28. The molecular formula is C13H21BrN2S. The van der Waals surface area contributed by atoms with E-state index in [0.29, 0.717) is 0 Å². The van der Waals surface area contributed by atoms with Crippen LogP contribution in [0.3, 0.4) is 0 Å². The van der Waals surface area contributed by atoms with E-state index in [2.05, 4.69) is 39.3 Å². The first-order chi connectivity index (χ1) is 8.19. The first kappa shape index (κ1) is 13.5. The topological polar surface area (TPSA) is 29.3 Å². The van der Waals surface area contributed by atoms with Crippen molar-refractivity contribution in [1.29, 1.82) is 0 Å². The highest BCUT2D eigenvalue weighted by atomic mass is 79.9. The molecule has 1 heterocycles. The number of nitrogens with zero attached hydrogens (tertiary/aromatic N) is 1. The maximum Gasteiger partial charge on any atom is 0.0701 e. The Morgan fingerprint density at radius 3 is 2.88 bits per heavy atom. The maximum absolute atomic E-state index is 5.83. The van der Waals surface area contributed by atoms with E-state index < -0.39 is 0 Å². The second kappa shape index (κ2) is 6.32. The molecule has 2 N–H and O–H groups in total. The van der Waals surface area contributed by atoms with Crippen LogP contribution in [0.25, 0.3) is 0 Å². The van der Waals surface area contributed by atoms with Gasteiger partial charge in [0.2, 0.25) is 0 Å². The standard InChI is InChI=1S/C13H21BrN2S/c1-16(7-10-5-13(14)17-9-10)8-12-4-2-3-11(12)6-15/h5,9,11-12H,2-4,6-8,15H2,1H3. The molecule has 1 aromatic heterocycles. The average molecular weight is 317 g/mol. The molecule has 0 amide bonds. The molecule has 0 aromatic carbocycles. The van der Waals surface area contributed by atoms with Gasteiger partial charge in [-0.15, -0.1) is 11.3 Å². The van der Waals surface area contributed by atoms with Crippen LogP contribution in [-0.4, -0.2) is 25.0 Å². The number of halogens is 1. The van der Waals surface area contributed by atoms with Crippen LogP contribution in [0, 0.1) is 11.8 Å². The molecule has 0 radical (unpaired) electrons. The number of hydrogen-bond acceptors (Lipinski definition) is 3. The summed E-state index contributed by atoms with van der Waals surface area (Å²) in [4.78, 5) is 2.44. The summed E-state index contributed by atoms with van der Waals surface area (Å²) in [5.74, 6) is 1.57. The van der Waals surface area contributed by atoms with Gasteiger partial charge in [-0.2, -0.15) is 0 Å². The van der Waals surface area contributed by atoms with Crippen molar-refractivity contribution in [3.8, 4) is 0 Å². The highest BCUT2D eigenvalue weighted by molar-refractivity contribution is 9.11. The Hall–Kier alpha value is 0.1000. The monoisotopic (exact) mass is 316 g/mol. The van der Waals surface area contributed by atoms with Gasteiger partial charge in [-0.05, 0) is 71.2 Å². The highest BCUT2D eigenvalue weighted by Crippen LogP contribution is 2.31. The van der Waals surface area contributed by atoms with E-state index in [-0.39, 0.29) is 0 Å². The van der Waals surface area contributed by atoms with Crippen molar-refractivity contribution in [3.63, 3.8) is 0 Å². The van der Waals surface area contributed by atoms with Crippen molar-refractivity contribution in [2.45, 2.75) is 25.8 Å². The fourth-order valence-corrected chi connectivity index (χ4v) is 4.07. The fraction of sp³-hybridized carbons (Fsp3) is 0.692. The molecule has 2 atom stereocenters. The van der Waals surface area contributed by atoms with Crippen LogP contribution < -0.4 is 5.73 Å². The quantitative estimate of drug-likeness (QED) is 0.903. The lowest BCUT2D eigenvalue weighted by Gasteiger charge is -2.24. The van der Waals surface area contributed by atoms with Crippen molar-refractivity contribution in [2.75, 3.05) is 20.1 Å². The first-order valence-corrected chi connectivity index (χ1v) is 7.98. The first-order valence-electron chi connectivity index (χ1n) is 6.30. The Morgan fingerprint density at radius 1 is 1.47 bits per heavy atom. The summed E-state index contributed by atoms with van der Waals surface area (Å²) < 4.78 is 1.22. The van der Waals surface area contributed by atoms with Gasteiger partial charge in [0.25, 0.3) is 0 Å². The molecule has 2 rings (SSSR count). The minimum Gasteiger partial charge on any atom is -0.330 e. The van der Waals surface area contributed by atoms with Crippen LogP contribution in [-0.2, 0) is 6.54 Å². The van der Waals surface area contributed by atoms with E-state index in [1.165, 1.54) is 35.2 Å². The summed E-state index contributed by atoms with van der Waals surface area (Å²) in [5.41, 5.74) is 7.24. The van der Waals surface area contributed by atoms with Crippen molar-refractivity contribution in [3.05, 3.63) is 20.8 Å². The predicted molar refractivity (Wildman–Crippen MR) is 78.2 cm³/mol. The number of hydrogen-bond donors (Lipinski definition) is 1. The lowest BCUT2D eigenvalue weighted by molar-refractivity contribution is 0.237. The van der Waals surface area contributed by atoms with Gasteiger partial charge >= 0.3 is 0 Å². The Kier molecular flexibility index (Phi) is 5.03. The van der Waals surface area contributed by atoms with Crippen LogP contribution in [0.4, 0.5) is 0 Å². The molecule has 0 spiro atoms. The Labute approximate surface area is 116 Å². The smallest absolute Gasteiger partial charge is 0.0701 e. The van der Waals surface area contributed by atoms with Crippen LogP contribution in [0.2, 0.25) is 0 Å². The van der Waals surface area contributed by atoms with Gasteiger partial charge in [0.15, 0.2) is 0 Å². The SMILES string of the molecule is CN(Cc1csc(Br)c1)CC1CCCC1CN. The van der Waals surface area contributed by atoms with Gasteiger partial charge < -0.3 is 10.6 Å². The molecule has 17 heavy (non-hydrogen) atoms. The average Bonchev–Trinajstić information content (AvgIpc) is 2.87. The highest BCUT2D eigenvalue weighted by Gasteiger charge is 2.26. The number of thiophene rings is 1. The molecule has 2 nitrogen and oxygen atoms in total. The molecule has 4 heteroatoms. The molecule has 1 fully saturated rings. The zero-order valence-electron chi connectivity index (χ0n) is 10.4. The van der Waals surface area contributed by atoms with E-state index in [4.69, 9.17) is 5.73 Å². The van der Waals surface area contributed by atoms with Crippen molar-refractivity contribution in [1.82, 2.24) is 4.90 Å². The Balaban J connectivity index is 1.82.